The Bertz CT molecular complexity index is 218. The maximum atomic E-state index is 5.61. The van der Waals surface area contributed by atoms with Crippen LogP contribution in [0.3, 0.4) is 0 Å². The predicted octanol–water partition coefficient (Wildman–Crippen LogP) is 2.26. The molecule has 3 heteroatoms. The lowest BCUT2D eigenvalue weighted by molar-refractivity contribution is -0.0207. The normalized spacial score (nSPS) is 25.6. The van der Waals surface area contributed by atoms with E-state index in [2.05, 4.69) is 31.0 Å². The zero-order valence-corrected chi connectivity index (χ0v) is 12.3. The molecule has 0 spiro atoms. The van der Waals surface area contributed by atoms with E-state index in [1.807, 2.05) is 7.05 Å². The van der Waals surface area contributed by atoms with Crippen LogP contribution < -0.4 is 5.32 Å². The Morgan fingerprint density at radius 1 is 1.35 bits per heavy atom. The van der Waals surface area contributed by atoms with Crippen molar-refractivity contribution < 1.29 is 4.74 Å². The van der Waals surface area contributed by atoms with Crippen molar-refractivity contribution in [2.75, 3.05) is 27.2 Å². The first-order chi connectivity index (χ1) is 8.01. The number of nitrogens with zero attached hydrogens (tertiary/aromatic N) is 1. The Labute approximate surface area is 107 Å². The quantitative estimate of drug-likeness (QED) is 0.800. The summed E-state index contributed by atoms with van der Waals surface area (Å²) in [7, 11) is 3.84. The highest BCUT2D eigenvalue weighted by Gasteiger charge is 2.31. The minimum absolute atomic E-state index is 0.110. The van der Waals surface area contributed by atoms with Gasteiger partial charge in [0.1, 0.15) is 0 Å². The number of methoxy groups -OCH3 is 1. The van der Waals surface area contributed by atoms with Gasteiger partial charge in [-0.15, -0.1) is 0 Å². The molecule has 17 heavy (non-hydrogen) atoms. The van der Waals surface area contributed by atoms with Gasteiger partial charge in [0.25, 0.3) is 0 Å². The first-order valence-electron chi connectivity index (χ1n) is 6.97. The molecule has 0 bridgehead atoms. The van der Waals surface area contributed by atoms with Crippen LogP contribution in [0.25, 0.3) is 0 Å². The molecule has 0 amide bonds. The van der Waals surface area contributed by atoms with Crippen LogP contribution in [-0.2, 0) is 4.74 Å². The molecule has 2 atom stereocenters. The molecule has 102 valence electrons. The van der Waals surface area contributed by atoms with E-state index in [0.29, 0.717) is 12.1 Å². The Kier molecular flexibility index (Phi) is 5.90. The molecular formula is C14H30N2O. The van der Waals surface area contributed by atoms with E-state index in [4.69, 9.17) is 4.74 Å². The predicted molar refractivity (Wildman–Crippen MR) is 73.4 cm³/mol. The van der Waals surface area contributed by atoms with Crippen LogP contribution in [-0.4, -0.2) is 49.8 Å². The molecule has 0 aliphatic carbocycles. The summed E-state index contributed by atoms with van der Waals surface area (Å²) in [6.45, 7) is 9.00. The van der Waals surface area contributed by atoms with E-state index < -0.39 is 0 Å². The molecule has 0 aromatic rings. The van der Waals surface area contributed by atoms with Gasteiger partial charge in [-0.3, -0.25) is 4.90 Å². The van der Waals surface area contributed by atoms with Crippen LogP contribution in [0.2, 0.25) is 0 Å². The lowest BCUT2D eigenvalue weighted by Gasteiger charge is -2.38. The number of hydrogen-bond acceptors (Lipinski definition) is 3. The molecule has 2 unspecified atom stereocenters. The standard InChI is InChI=1S/C14H30N2O/c1-12-9-7-6-8-10-16(12)11-13(15-4)14(2,3)17-5/h12-13,15H,6-11H2,1-5H3. The van der Waals surface area contributed by atoms with Crippen molar-refractivity contribution in [1.82, 2.24) is 10.2 Å². The third-order valence-electron chi connectivity index (χ3n) is 4.32. The minimum Gasteiger partial charge on any atom is -0.377 e. The number of likely N-dealkylation sites (tertiary alicyclic amines) is 1. The maximum Gasteiger partial charge on any atom is 0.0787 e. The number of nitrogens with one attached hydrogen (secondary N) is 1. The molecular weight excluding hydrogens is 212 g/mol. The Morgan fingerprint density at radius 2 is 2.06 bits per heavy atom. The molecule has 1 N–H and O–H groups in total. The summed E-state index contributed by atoms with van der Waals surface area (Å²) in [4.78, 5) is 2.62. The summed E-state index contributed by atoms with van der Waals surface area (Å²) in [5.41, 5.74) is -0.110. The SMILES string of the molecule is CNC(CN1CCCCCC1C)C(C)(C)OC. The van der Waals surface area contributed by atoms with Crippen LogP contribution in [0.5, 0.6) is 0 Å². The fourth-order valence-electron chi connectivity index (χ4n) is 2.64. The van der Waals surface area contributed by atoms with E-state index in [1.54, 1.807) is 7.11 Å². The summed E-state index contributed by atoms with van der Waals surface area (Å²) in [5, 5.41) is 3.41. The zero-order chi connectivity index (χ0) is 12.9. The van der Waals surface area contributed by atoms with Gasteiger partial charge in [0.15, 0.2) is 0 Å². The fourth-order valence-corrected chi connectivity index (χ4v) is 2.64. The zero-order valence-electron chi connectivity index (χ0n) is 12.3. The van der Waals surface area contributed by atoms with Gasteiger partial charge < -0.3 is 10.1 Å². The topological polar surface area (TPSA) is 24.5 Å². The molecule has 1 aliphatic heterocycles. The Hall–Kier alpha value is -0.120. The smallest absolute Gasteiger partial charge is 0.0787 e. The van der Waals surface area contributed by atoms with E-state index in [1.165, 1.54) is 32.2 Å². The van der Waals surface area contributed by atoms with Crippen molar-refractivity contribution in [3.05, 3.63) is 0 Å². The van der Waals surface area contributed by atoms with Gasteiger partial charge >= 0.3 is 0 Å². The van der Waals surface area contributed by atoms with Crippen molar-refractivity contribution in [1.29, 1.82) is 0 Å². The monoisotopic (exact) mass is 242 g/mol. The van der Waals surface area contributed by atoms with Crippen LogP contribution in [0.1, 0.15) is 46.5 Å². The number of ether oxygens (including phenoxy) is 1. The van der Waals surface area contributed by atoms with E-state index in [9.17, 15) is 0 Å². The summed E-state index contributed by atoms with van der Waals surface area (Å²) in [6, 6.07) is 1.09. The van der Waals surface area contributed by atoms with Crippen LogP contribution in [0, 0.1) is 0 Å². The molecule has 1 fully saturated rings. The van der Waals surface area contributed by atoms with Crippen molar-refractivity contribution in [2.45, 2.75) is 64.1 Å². The third kappa shape index (κ3) is 4.23. The van der Waals surface area contributed by atoms with E-state index >= 15 is 0 Å². The molecule has 3 nitrogen and oxygen atoms in total. The second-order valence-corrected chi connectivity index (χ2v) is 5.84. The van der Waals surface area contributed by atoms with E-state index in [-0.39, 0.29) is 5.60 Å². The molecule has 1 saturated heterocycles. The third-order valence-corrected chi connectivity index (χ3v) is 4.32. The second-order valence-electron chi connectivity index (χ2n) is 5.84. The molecule has 0 aromatic carbocycles. The van der Waals surface area contributed by atoms with E-state index in [0.717, 1.165) is 6.54 Å². The van der Waals surface area contributed by atoms with Crippen molar-refractivity contribution in [3.8, 4) is 0 Å². The second kappa shape index (κ2) is 6.72. The summed E-state index contributed by atoms with van der Waals surface area (Å²) in [5.74, 6) is 0. The van der Waals surface area contributed by atoms with Gasteiger partial charge in [-0.25, -0.2) is 0 Å². The van der Waals surface area contributed by atoms with Crippen molar-refractivity contribution >= 4 is 0 Å². The highest BCUT2D eigenvalue weighted by molar-refractivity contribution is 4.88. The molecule has 0 saturated carbocycles. The minimum atomic E-state index is -0.110. The average molecular weight is 242 g/mol. The fraction of sp³-hybridized carbons (Fsp3) is 1.00. The van der Waals surface area contributed by atoms with Crippen molar-refractivity contribution in [2.24, 2.45) is 0 Å². The maximum absolute atomic E-state index is 5.61. The number of hydrogen-bond donors (Lipinski definition) is 1. The van der Waals surface area contributed by atoms with Gasteiger partial charge in [-0.2, -0.15) is 0 Å². The largest absolute Gasteiger partial charge is 0.377 e. The molecule has 1 rings (SSSR count). The lowest BCUT2D eigenvalue weighted by atomic mass is 9.97. The van der Waals surface area contributed by atoms with Gasteiger partial charge in [-0.05, 0) is 47.2 Å². The van der Waals surface area contributed by atoms with Gasteiger partial charge in [-0.1, -0.05) is 12.8 Å². The van der Waals surface area contributed by atoms with Gasteiger partial charge in [0.05, 0.1) is 5.60 Å². The van der Waals surface area contributed by atoms with Crippen LogP contribution in [0.15, 0.2) is 0 Å². The molecule has 1 heterocycles. The van der Waals surface area contributed by atoms with Crippen LogP contribution >= 0.6 is 0 Å². The number of likely N-dealkylation sites (N-methyl/N-ethyl adjacent to an activating group) is 1. The average Bonchev–Trinajstić information content (AvgIpc) is 2.51. The summed E-state index contributed by atoms with van der Waals surface area (Å²) < 4.78 is 5.61. The highest BCUT2D eigenvalue weighted by Crippen LogP contribution is 2.20. The van der Waals surface area contributed by atoms with Gasteiger partial charge in [0, 0.05) is 25.7 Å². The lowest BCUT2D eigenvalue weighted by Crippen LogP contribution is -2.54. The van der Waals surface area contributed by atoms with Gasteiger partial charge in [0.2, 0.25) is 0 Å². The molecule has 0 radical (unpaired) electrons. The number of rotatable bonds is 5. The van der Waals surface area contributed by atoms with Crippen molar-refractivity contribution in [3.63, 3.8) is 0 Å². The molecule has 0 aromatic heterocycles. The Morgan fingerprint density at radius 3 is 2.65 bits per heavy atom. The first-order valence-corrected chi connectivity index (χ1v) is 6.97. The summed E-state index contributed by atoms with van der Waals surface area (Å²) >= 11 is 0. The summed E-state index contributed by atoms with van der Waals surface area (Å²) in [6.07, 6.45) is 5.45. The van der Waals surface area contributed by atoms with Crippen LogP contribution in [0.4, 0.5) is 0 Å². The molecule has 1 aliphatic rings. The first kappa shape index (κ1) is 14.9. The Balaban J connectivity index is 2.59. The highest BCUT2D eigenvalue weighted by atomic mass is 16.5.